The van der Waals surface area contributed by atoms with E-state index in [0.717, 1.165) is 82.5 Å². The van der Waals surface area contributed by atoms with Crippen molar-refractivity contribution in [1.29, 1.82) is 0 Å². The summed E-state index contributed by atoms with van der Waals surface area (Å²) in [4.78, 5) is 31.6. The predicted octanol–water partition coefficient (Wildman–Crippen LogP) is 3.58. The average Bonchev–Trinajstić information content (AvgIpc) is 3.43. The zero-order chi connectivity index (χ0) is 21.7. The highest BCUT2D eigenvalue weighted by molar-refractivity contribution is 5.91. The standard InChI is InChI=1S/C27H37N3O2/c31-25(28-23-8-10-29(18-23)17-19-5-2-1-3-6-19)24-7-4-9-30(24)26(32)27-14-20-11-21(15-27)13-22(12-20)16-27/h1-3,5-6,20-24H,4,7-18H2,(H,28,31)/t20?,21?,22?,23-,24-,27?/m1/s1. The molecule has 1 aromatic rings. The molecule has 2 saturated heterocycles. The molecule has 1 N–H and O–H groups in total. The van der Waals surface area contributed by atoms with Crippen LogP contribution in [0.25, 0.3) is 0 Å². The van der Waals surface area contributed by atoms with E-state index in [1.54, 1.807) is 0 Å². The second-order valence-corrected chi connectivity index (χ2v) is 11.6. The van der Waals surface area contributed by atoms with Gasteiger partial charge in [0.15, 0.2) is 0 Å². The first-order valence-electron chi connectivity index (χ1n) is 13.0. The first-order valence-corrected chi connectivity index (χ1v) is 13.0. The molecule has 0 spiro atoms. The number of nitrogens with zero attached hydrogens (tertiary/aromatic N) is 2. The van der Waals surface area contributed by atoms with Crippen molar-refractivity contribution in [3.63, 3.8) is 0 Å². The van der Waals surface area contributed by atoms with Gasteiger partial charge in [-0.2, -0.15) is 0 Å². The Bertz CT molecular complexity index is 834. The van der Waals surface area contributed by atoms with Gasteiger partial charge in [-0.25, -0.2) is 0 Å². The summed E-state index contributed by atoms with van der Waals surface area (Å²) >= 11 is 0. The van der Waals surface area contributed by atoms with Gasteiger partial charge in [0.25, 0.3) is 0 Å². The predicted molar refractivity (Wildman–Crippen MR) is 124 cm³/mol. The van der Waals surface area contributed by atoms with E-state index in [0.29, 0.717) is 5.91 Å². The molecule has 2 aliphatic heterocycles. The van der Waals surface area contributed by atoms with E-state index in [1.165, 1.54) is 24.8 Å². The fourth-order valence-electron chi connectivity index (χ4n) is 8.19. The van der Waals surface area contributed by atoms with Gasteiger partial charge >= 0.3 is 0 Å². The summed E-state index contributed by atoms with van der Waals surface area (Å²) in [6.07, 6.45) is 10.1. The van der Waals surface area contributed by atoms with Crippen LogP contribution in [0.3, 0.4) is 0 Å². The summed E-state index contributed by atoms with van der Waals surface area (Å²) in [5, 5.41) is 3.32. The Labute approximate surface area is 191 Å². The van der Waals surface area contributed by atoms with E-state index in [2.05, 4.69) is 40.5 Å². The maximum atomic E-state index is 13.8. The molecule has 0 aromatic heterocycles. The second kappa shape index (κ2) is 8.16. The Morgan fingerprint density at radius 3 is 2.31 bits per heavy atom. The largest absolute Gasteiger partial charge is 0.350 e. The summed E-state index contributed by atoms with van der Waals surface area (Å²) < 4.78 is 0. The third kappa shape index (κ3) is 3.76. The van der Waals surface area contributed by atoms with E-state index in [1.807, 2.05) is 4.90 Å². The minimum atomic E-state index is -0.251. The van der Waals surface area contributed by atoms with E-state index in [-0.39, 0.29) is 23.4 Å². The van der Waals surface area contributed by atoms with Crippen molar-refractivity contribution < 1.29 is 9.59 Å². The molecular weight excluding hydrogens is 398 g/mol. The molecular formula is C27H37N3O2. The molecule has 4 bridgehead atoms. The van der Waals surface area contributed by atoms with Crippen LogP contribution < -0.4 is 5.32 Å². The van der Waals surface area contributed by atoms with Gasteiger partial charge in [0, 0.05) is 32.2 Å². The van der Waals surface area contributed by atoms with Gasteiger partial charge in [-0.1, -0.05) is 30.3 Å². The molecule has 4 saturated carbocycles. The lowest BCUT2D eigenvalue weighted by atomic mass is 9.49. The van der Waals surface area contributed by atoms with Crippen LogP contribution >= 0.6 is 0 Å². The smallest absolute Gasteiger partial charge is 0.243 e. The van der Waals surface area contributed by atoms with Crippen molar-refractivity contribution in [2.24, 2.45) is 23.2 Å². The van der Waals surface area contributed by atoms with E-state index >= 15 is 0 Å². The number of hydrogen-bond donors (Lipinski definition) is 1. The quantitative estimate of drug-likeness (QED) is 0.769. The molecule has 7 rings (SSSR count). The molecule has 2 heterocycles. The summed E-state index contributed by atoms with van der Waals surface area (Å²) in [5.74, 6) is 2.69. The maximum absolute atomic E-state index is 13.8. The van der Waals surface area contributed by atoms with Gasteiger partial charge in [0.2, 0.25) is 11.8 Å². The number of rotatable bonds is 5. The van der Waals surface area contributed by atoms with Crippen LogP contribution in [0, 0.1) is 23.2 Å². The van der Waals surface area contributed by atoms with Crippen LogP contribution in [0.15, 0.2) is 30.3 Å². The Balaban J connectivity index is 1.08. The number of amides is 2. The first-order chi connectivity index (χ1) is 15.6. The van der Waals surface area contributed by atoms with Crippen LogP contribution in [0.2, 0.25) is 0 Å². The normalized spacial score (nSPS) is 38.4. The lowest BCUT2D eigenvalue weighted by molar-refractivity contribution is -0.160. The van der Waals surface area contributed by atoms with Crippen molar-refractivity contribution in [2.75, 3.05) is 19.6 Å². The Hall–Kier alpha value is -1.88. The molecule has 4 aliphatic carbocycles. The molecule has 6 aliphatic rings. The monoisotopic (exact) mass is 435 g/mol. The molecule has 1 aromatic carbocycles. The average molecular weight is 436 g/mol. The number of hydrogen-bond acceptors (Lipinski definition) is 3. The summed E-state index contributed by atoms with van der Waals surface area (Å²) in [7, 11) is 0. The number of benzene rings is 1. The fraction of sp³-hybridized carbons (Fsp3) is 0.704. The molecule has 0 radical (unpaired) electrons. The van der Waals surface area contributed by atoms with E-state index in [4.69, 9.17) is 0 Å². The van der Waals surface area contributed by atoms with Crippen LogP contribution in [-0.2, 0) is 16.1 Å². The summed E-state index contributed by atoms with van der Waals surface area (Å²) in [6, 6.07) is 10.5. The molecule has 172 valence electrons. The molecule has 32 heavy (non-hydrogen) atoms. The van der Waals surface area contributed by atoms with Crippen molar-refractivity contribution in [2.45, 2.75) is 76.4 Å². The zero-order valence-corrected chi connectivity index (χ0v) is 19.2. The van der Waals surface area contributed by atoms with Gasteiger partial charge in [-0.15, -0.1) is 0 Å². The fourth-order valence-corrected chi connectivity index (χ4v) is 8.19. The minimum Gasteiger partial charge on any atom is -0.350 e. The van der Waals surface area contributed by atoms with Gasteiger partial charge in [0.1, 0.15) is 6.04 Å². The third-order valence-corrected chi connectivity index (χ3v) is 9.18. The highest BCUT2D eigenvalue weighted by Crippen LogP contribution is 2.60. The van der Waals surface area contributed by atoms with Gasteiger partial charge in [0.05, 0.1) is 5.41 Å². The molecule has 0 unspecified atom stereocenters. The summed E-state index contributed by atoms with van der Waals surface area (Å²) in [6.45, 7) is 3.62. The van der Waals surface area contributed by atoms with Crippen molar-refractivity contribution in [3.05, 3.63) is 35.9 Å². The number of likely N-dealkylation sites (tertiary alicyclic amines) is 2. The highest BCUT2D eigenvalue weighted by atomic mass is 16.2. The topological polar surface area (TPSA) is 52.7 Å². The number of carbonyl (C=O) groups excluding carboxylic acids is 2. The SMILES string of the molecule is O=C(N[C@@H]1CCN(Cc2ccccc2)C1)[C@H]1CCCN1C(=O)C12CC3CC(CC(C3)C1)C2. The molecule has 6 fully saturated rings. The van der Waals surface area contributed by atoms with Crippen LogP contribution in [0.4, 0.5) is 0 Å². The zero-order valence-electron chi connectivity index (χ0n) is 19.2. The first kappa shape index (κ1) is 20.7. The van der Waals surface area contributed by atoms with Crippen LogP contribution in [-0.4, -0.2) is 53.3 Å². The van der Waals surface area contributed by atoms with Crippen molar-refractivity contribution in [3.8, 4) is 0 Å². The van der Waals surface area contributed by atoms with Crippen LogP contribution in [0.1, 0.15) is 63.4 Å². The number of nitrogens with one attached hydrogen (secondary N) is 1. The van der Waals surface area contributed by atoms with Crippen LogP contribution in [0.5, 0.6) is 0 Å². The lowest BCUT2D eigenvalue weighted by Gasteiger charge is -2.56. The highest BCUT2D eigenvalue weighted by Gasteiger charge is 2.56. The van der Waals surface area contributed by atoms with Gasteiger partial charge in [-0.05, 0) is 81.1 Å². The molecule has 5 nitrogen and oxygen atoms in total. The minimum absolute atomic E-state index is 0.0899. The summed E-state index contributed by atoms with van der Waals surface area (Å²) in [5.41, 5.74) is 1.18. The molecule has 5 heteroatoms. The Morgan fingerprint density at radius 1 is 0.938 bits per heavy atom. The van der Waals surface area contributed by atoms with Gasteiger partial charge in [-0.3, -0.25) is 14.5 Å². The number of carbonyl (C=O) groups is 2. The maximum Gasteiger partial charge on any atom is 0.243 e. The third-order valence-electron chi connectivity index (χ3n) is 9.18. The Morgan fingerprint density at radius 2 is 1.62 bits per heavy atom. The molecule has 2 atom stereocenters. The molecule has 2 amide bonds. The van der Waals surface area contributed by atoms with E-state index in [9.17, 15) is 9.59 Å². The van der Waals surface area contributed by atoms with Crippen molar-refractivity contribution in [1.82, 2.24) is 15.1 Å². The van der Waals surface area contributed by atoms with E-state index < -0.39 is 0 Å². The Kier molecular flexibility index (Phi) is 5.28. The lowest BCUT2D eigenvalue weighted by Crippen LogP contribution is -2.57. The second-order valence-electron chi connectivity index (χ2n) is 11.6. The van der Waals surface area contributed by atoms with Gasteiger partial charge < -0.3 is 10.2 Å². The van der Waals surface area contributed by atoms with Crippen molar-refractivity contribution >= 4 is 11.8 Å².